The van der Waals surface area contributed by atoms with Gasteiger partial charge in [-0.25, -0.2) is 9.97 Å². The molecule has 0 bridgehead atoms. The van der Waals surface area contributed by atoms with Crippen molar-refractivity contribution in [2.75, 3.05) is 11.9 Å². The topological polar surface area (TPSA) is 66.9 Å². The summed E-state index contributed by atoms with van der Waals surface area (Å²) in [6.07, 6.45) is 1.93. The molecule has 1 aliphatic rings. The van der Waals surface area contributed by atoms with Gasteiger partial charge >= 0.3 is 0 Å². The Bertz CT molecular complexity index is 662. The minimum absolute atomic E-state index is 0.0151. The van der Waals surface area contributed by atoms with Crippen LogP contribution < -0.4 is 10.6 Å². The van der Waals surface area contributed by atoms with Gasteiger partial charge in [0.15, 0.2) is 5.65 Å². The lowest BCUT2D eigenvalue weighted by molar-refractivity contribution is -0.117. The maximum atomic E-state index is 12.1. The van der Waals surface area contributed by atoms with E-state index in [1.807, 2.05) is 32.0 Å². The van der Waals surface area contributed by atoms with Crippen molar-refractivity contribution in [3.05, 3.63) is 29.5 Å². The maximum absolute atomic E-state index is 12.1. The van der Waals surface area contributed by atoms with Crippen molar-refractivity contribution in [2.45, 2.75) is 32.7 Å². The molecule has 2 aromatic rings. The van der Waals surface area contributed by atoms with Crippen molar-refractivity contribution < 1.29 is 4.79 Å². The van der Waals surface area contributed by atoms with E-state index in [4.69, 9.17) is 0 Å². The summed E-state index contributed by atoms with van der Waals surface area (Å²) in [5.74, 6) is 0.549. The van der Waals surface area contributed by atoms with Crippen molar-refractivity contribution in [3.8, 4) is 0 Å². The van der Waals surface area contributed by atoms with Crippen LogP contribution in [-0.2, 0) is 4.79 Å². The Morgan fingerprint density at radius 1 is 1.35 bits per heavy atom. The number of pyridine rings is 2. The number of aromatic nitrogens is 2. The monoisotopic (exact) mass is 270 g/mol. The summed E-state index contributed by atoms with van der Waals surface area (Å²) in [7, 11) is 0. The van der Waals surface area contributed by atoms with Gasteiger partial charge in [-0.05, 0) is 57.0 Å². The highest BCUT2D eigenvalue weighted by atomic mass is 16.2. The predicted molar refractivity (Wildman–Crippen MR) is 78.7 cm³/mol. The lowest BCUT2D eigenvalue weighted by Crippen LogP contribution is -2.35. The largest absolute Gasteiger partial charge is 0.309 e. The van der Waals surface area contributed by atoms with Crippen LogP contribution in [0.25, 0.3) is 11.0 Å². The van der Waals surface area contributed by atoms with E-state index in [9.17, 15) is 4.79 Å². The lowest BCUT2D eigenvalue weighted by Gasteiger charge is -2.11. The molecule has 1 fully saturated rings. The number of nitrogens with zero attached hydrogens (tertiary/aromatic N) is 2. The zero-order chi connectivity index (χ0) is 14.1. The Balaban J connectivity index is 1.87. The fourth-order valence-electron chi connectivity index (χ4n) is 2.62. The van der Waals surface area contributed by atoms with Gasteiger partial charge < -0.3 is 10.6 Å². The van der Waals surface area contributed by atoms with E-state index in [1.165, 1.54) is 0 Å². The van der Waals surface area contributed by atoms with Crippen LogP contribution in [0.3, 0.4) is 0 Å². The number of rotatable bonds is 2. The number of carbonyl (C=O) groups is 1. The second-order valence-corrected chi connectivity index (χ2v) is 5.29. The average molecular weight is 270 g/mol. The van der Waals surface area contributed by atoms with E-state index >= 15 is 0 Å². The zero-order valence-corrected chi connectivity index (χ0v) is 11.7. The van der Waals surface area contributed by atoms with Crippen molar-refractivity contribution in [1.82, 2.24) is 15.3 Å². The van der Waals surface area contributed by atoms with Crippen molar-refractivity contribution >= 4 is 22.8 Å². The predicted octanol–water partition coefficient (Wildman–Crippen LogP) is 1.94. The Hall–Kier alpha value is -2.01. The fraction of sp³-hybridized carbons (Fsp3) is 0.400. The molecule has 0 aliphatic carbocycles. The first kappa shape index (κ1) is 13.0. The molecule has 104 valence electrons. The molecule has 3 heterocycles. The second-order valence-electron chi connectivity index (χ2n) is 5.29. The Morgan fingerprint density at radius 3 is 2.95 bits per heavy atom. The molecule has 5 nitrogen and oxygen atoms in total. The standard InChI is InChI=1S/C15H18N4O/c1-9-8-10(2)17-14-11(9)5-6-13(18-14)19-15(20)12-4-3-7-16-12/h5-6,8,12,16H,3-4,7H2,1-2H3,(H,17,18,19,20)/t12-/m0/s1. The number of hydrogen-bond acceptors (Lipinski definition) is 4. The molecule has 5 heteroatoms. The zero-order valence-electron chi connectivity index (χ0n) is 11.7. The minimum atomic E-state index is -0.0975. The number of carbonyl (C=O) groups excluding carboxylic acids is 1. The first-order valence-corrected chi connectivity index (χ1v) is 6.93. The maximum Gasteiger partial charge on any atom is 0.242 e. The minimum Gasteiger partial charge on any atom is -0.309 e. The number of amides is 1. The first-order valence-electron chi connectivity index (χ1n) is 6.93. The summed E-state index contributed by atoms with van der Waals surface area (Å²) in [5.41, 5.74) is 2.76. The van der Waals surface area contributed by atoms with E-state index in [2.05, 4.69) is 20.6 Å². The second kappa shape index (κ2) is 5.17. The SMILES string of the molecule is Cc1cc(C)c2ccc(NC(=O)[C@@H]3CCCN3)nc2n1. The van der Waals surface area contributed by atoms with Gasteiger partial charge in [-0.3, -0.25) is 4.79 Å². The van der Waals surface area contributed by atoms with Crippen molar-refractivity contribution in [3.63, 3.8) is 0 Å². The molecule has 1 saturated heterocycles. The van der Waals surface area contributed by atoms with Crippen LogP contribution in [0.15, 0.2) is 18.2 Å². The van der Waals surface area contributed by atoms with E-state index in [1.54, 1.807) is 0 Å². The van der Waals surface area contributed by atoms with Crippen LogP contribution in [0, 0.1) is 13.8 Å². The highest BCUT2D eigenvalue weighted by molar-refractivity contribution is 5.95. The first-order chi connectivity index (χ1) is 9.63. The van der Waals surface area contributed by atoms with Crippen LogP contribution in [0.4, 0.5) is 5.82 Å². The molecule has 0 unspecified atom stereocenters. The van der Waals surface area contributed by atoms with Gasteiger partial charge in [0.05, 0.1) is 6.04 Å². The fourth-order valence-corrected chi connectivity index (χ4v) is 2.62. The molecule has 0 saturated carbocycles. The van der Waals surface area contributed by atoms with E-state index in [0.717, 1.165) is 36.0 Å². The molecule has 2 N–H and O–H groups in total. The van der Waals surface area contributed by atoms with E-state index in [-0.39, 0.29) is 11.9 Å². The summed E-state index contributed by atoms with van der Waals surface area (Å²) in [6.45, 7) is 4.89. The van der Waals surface area contributed by atoms with Gasteiger partial charge in [0, 0.05) is 11.1 Å². The summed E-state index contributed by atoms with van der Waals surface area (Å²) in [4.78, 5) is 20.9. The highest BCUT2D eigenvalue weighted by Crippen LogP contribution is 2.18. The van der Waals surface area contributed by atoms with Crippen LogP contribution in [-0.4, -0.2) is 28.5 Å². The van der Waals surface area contributed by atoms with Gasteiger partial charge in [-0.2, -0.15) is 0 Å². The molecule has 20 heavy (non-hydrogen) atoms. The average Bonchev–Trinajstić information content (AvgIpc) is 2.91. The molecular weight excluding hydrogens is 252 g/mol. The third-order valence-corrected chi connectivity index (χ3v) is 3.64. The van der Waals surface area contributed by atoms with Crippen LogP contribution >= 0.6 is 0 Å². The quantitative estimate of drug-likeness (QED) is 0.875. The molecule has 0 aromatic carbocycles. The van der Waals surface area contributed by atoms with Crippen LogP contribution in [0.2, 0.25) is 0 Å². The summed E-state index contributed by atoms with van der Waals surface area (Å²) in [5, 5.41) is 7.06. The highest BCUT2D eigenvalue weighted by Gasteiger charge is 2.22. The van der Waals surface area contributed by atoms with Gasteiger partial charge in [0.2, 0.25) is 5.91 Å². The van der Waals surface area contributed by atoms with Crippen LogP contribution in [0.1, 0.15) is 24.1 Å². The summed E-state index contributed by atoms with van der Waals surface area (Å²) in [6, 6.07) is 5.73. The molecule has 0 spiro atoms. The van der Waals surface area contributed by atoms with Gasteiger partial charge in [0.1, 0.15) is 5.82 Å². The Morgan fingerprint density at radius 2 is 2.20 bits per heavy atom. The number of nitrogens with one attached hydrogen (secondary N) is 2. The lowest BCUT2D eigenvalue weighted by atomic mass is 10.1. The molecular formula is C15H18N4O. The van der Waals surface area contributed by atoms with E-state index < -0.39 is 0 Å². The molecule has 2 aromatic heterocycles. The molecule has 1 amide bonds. The van der Waals surface area contributed by atoms with Gasteiger partial charge in [-0.1, -0.05) is 0 Å². The van der Waals surface area contributed by atoms with Crippen LogP contribution in [0.5, 0.6) is 0 Å². The number of hydrogen-bond donors (Lipinski definition) is 2. The Labute approximate surface area is 117 Å². The molecule has 0 radical (unpaired) electrons. The number of anilines is 1. The molecule has 1 aliphatic heterocycles. The smallest absolute Gasteiger partial charge is 0.242 e. The van der Waals surface area contributed by atoms with Crippen molar-refractivity contribution in [1.29, 1.82) is 0 Å². The number of aryl methyl sites for hydroxylation is 2. The summed E-state index contributed by atoms with van der Waals surface area (Å²) >= 11 is 0. The van der Waals surface area contributed by atoms with Gasteiger partial charge in [-0.15, -0.1) is 0 Å². The molecule has 1 atom stereocenters. The van der Waals surface area contributed by atoms with Gasteiger partial charge in [0.25, 0.3) is 0 Å². The summed E-state index contributed by atoms with van der Waals surface area (Å²) < 4.78 is 0. The normalized spacial score (nSPS) is 18.4. The van der Waals surface area contributed by atoms with E-state index in [0.29, 0.717) is 11.5 Å². The number of fused-ring (bicyclic) bond motifs is 1. The third-order valence-electron chi connectivity index (χ3n) is 3.64. The molecule has 3 rings (SSSR count). The third kappa shape index (κ3) is 2.49. The van der Waals surface area contributed by atoms with Crippen molar-refractivity contribution in [2.24, 2.45) is 0 Å². The Kier molecular flexibility index (Phi) is 3.36.